The fourth-order valence-corrected chi connectivity index (χ4v) is 4.93. The van der Waals surface area contributed by atoms with Gasteiger partial charge < -0.3 is 4.48 Å². The van der Waals surface area contributed by atoms with Crippen molar-refractivity contribution in [2.75, 3.05) is 33.2 Å². The Labute approximate surface area is 144 Å². The van der Waals surface area contributed by atoms with Gasteiger partial charge in [-0.3, -0.25) is 0 Å². The second-order valence-corrected chi connectivity index (χ2v) is 7.90. The standard InChI is InChI=1S/C21H27FN2/c1-16-8-4-6-10-18(16)20-21(19-11-7-5-9-17(19)2)24(22)14-12-23(20,3)13-15-24/h4-11,20-21H,12-15H2,1-3H3/q+2/t20-,21-,23?,24?/m0/s1. The number of benzene rings is 2. The van der Waals surface area contributed by atoms with Gasteiger partial charge >= 0.3 is 0 Å². The van der Waals surface area contributed by atoms with Crippen molar-refractivity contribution in [2.45, 2.75) is 25.9 Å². The molecule has 0 N–H and O–H groups in total. The van der Waals surface area contributed by atoms with Crippen molar-refractivity contribution in [1.82, 2.24) is 0 Å². The largest absolute Gasteiger partial charge is 0.305 e. The van der Waals surface area contributed by atoms with Crippen LogP contribution in [0, 0.1) is 13.8 Å². The van der Waals surface area contributed by atoms with Crippen molar-refractivity contribution < 1.29 is 13.7 Å². The highest BCUT2D eigenvalue weighted by Gasteiger charge is 2.63. The maximum atomic E-state index is 16.0. The van der Waals surface area contributed by atoms with E-state index in [-0.39, 0.29) is 16.8 Å². The molecule has 3 heteroatoms. The van der Waals surface area contributed by atoms with E-state index in [0.717, 1.165) is 17.6 Å². The first-order chi connectivity index (χ1) is 11.4. The maximum absolute atomic E-state index is 16.0. The number of piperazine rings is 3. The molecule has 2 nitrogen and oxygen atoms in total. The Morgan fingerprint density at radius 1 is 0.750 bits per heavy atom. The third kappa shape index (κ3) is 2.22. The molecule has 3 aliphatic heterocycles. The minimum Gasteiger partial charge on any atom is -0.305 e. The average Bonchev–Trinajstić information content (AvgIpc) is 2.57. The molecule has 3 heterocycles. The molecule has 2 atom stereocenters. The quantitative estimate of drug-likeness (QED) is 0.571. The molecule has 0 saturated carbocycles. The van der Waals surface area contributed by atoms with E-state index in [2.05, 4.69) is 69.4 Å². The number of rotatable bonds is 2. The van der Waals surface area contributed by atoms with E-state index in [1.165, 1.54) is 22.3 Å². The second-order valence-electron chi connectivity index (χ2n) is 7.90. The van der Waals surface area contributed by atoms with Crippen LogP contribution in [0.25, 0.3) is 0 Å². The highest BCUT2D eigenvalue weighted by atomic mass is 19.2. The number of hydrogen-bond acceptors (Lipinski definition) is 0. The highest BCUT2D eigenvalue weighted by Crippen LogP contribution is 2.53. The van der Waals surface area contributed by atoms with Crippen LogP contribution in [0.15, 0.2) is 48.5 Å². The second kappa shape index (κ2) is 5.40. The Hall–Kier alpha value is -1.71. The maximum Gasteiger partial charge on any atom is 0.207 e. The van der Waals surface area contributed by atoms with Gasteiger partial charge in [0.05, 0.1) is 7.05 Å². The van der Waals surface area contributed by atoms with Crippen LogP contribution in [0.5, 0.6) is 0 Å². The van der Waals surface area contributed by atoms with Gasteiger partial charge in [-0.2, -0.15) is 0 Å². The lowest BCUT2D eigenvalue weighted by molar-refractivity contribution is -1.18. The Balaban J connectivity index is 1.93. The molecular formula is C21H27FN2+2. The Bertz CT molecular complexity index is 696. The summed E-state index contributed by atoms with van der Waals surface area (Å²) >= 11 is 0. The van der Waals surface area contributed by atoms with Gasteiger partial charge in [-0.05, 0) is 29.5 Å². The van der Waals surface area contributed by atoms with Crippen LogP contribution in [0.2, 0.25) is 0 Å². The molecule has 24 heavy (non-hydrogen) atoms. The Morgan fingerprint density at radius 3 is 1.71 bits per heavy atom. The number of fused-ring (bicyclic) bond motifs is 3. The van der Waals surface area contributed by atoms with E-state index >= 15 is 4.48 Å². The molecular weight excluding hydrogens is 299 g/mol. The van der Waals surface area contributed by atoms with Crippen LogP contribution in [0.1, 0.15) is 34.3 Å². The smallest absolute Gasteiger partial charge is 0.207 e. The summed E-state index contributed by atoms with van der Waals surface area (Å²) in [5.41, 5.74) is 4.97. The van der Waals surface area contributed by atoms with E-state index in [4.69, 9.17) is 0 Å². The summed E-state index contributed by atoms with van der Waals surface area (Å²) in [6.45, 7) is 7.36. The van der Waals surface area contributed by atoms with E-state index in [1.54, 1.807) is 0 Å². The highest BCUT2D eigenvalue weighted by molar-refractivity contribution is 5.34. The minimum absolute atomic E-state index is 0.111. The SMILES string of the molecule is Cc1ccccc1[C@H]1[C@H](c2ccccc2C)[N+]2(F)CC[N+]1(C)CC2. The van der Waals surface area contributed by atoms with E-state index in [0.29, 0.717) is 13.1 Å². The lowest BCUT2D eigenvalue weighted by atomic mass is 9.81. The lowest BCUT2D eigenvalue weighted by Crippen LogP contribution is -2.72. The molecule has 0 spiro atoms. The Morgan fingerprint density at radius 2 is 1.21 bits per heavy atom. The van der Waals surface area contributed by atoms with Crippen LogP contribution in [0.3, 0.4) is 0 Å². The summed E-state index contributed by atoms with van der Waals surface area (Å²) in [6.07, 6.45) is 0. The van der Waals surface area contributed by atoms with Crippen molar-refractivity contribution >= 4 is 0 Å². The zero-order chi connectivity index (χ0) is 16.9. The molecule has 126 valence electrons. The first kappa shape index (κ1) is 15.8. The molecule has 3 aliphatic rings. The molecule has 0 aliphatic carbocycles. The molecule has 3 saturated heterocycles. The number of aryl methyl sites for hydroxylation is 2. The van der Waals surface area contributed by atoms with Crippen LogP contribution in [-0.4, -0.2) is 42.4 Å². The van der Waals surface area contributed by atoms with Gasteiger partial charge in [0.1, 0.15) is 13.1 Å². The third-order valence-electron chi connectivity index (χ3n) is 6.45. The van der Waals surface area contributed by atoms with Crippen molar-refractivity contribution in [3.63, 3.8) is 0 Å². The molecule has 3 fully saturated rings. The summed E-state index contributed by atoms with van der Waals surface area (Å²) in [7, 11) is 2.32. The van der Waals surface area contributed by atoms with Gasteiger partial charge in [0.2, 0.25) is 6.04 Å². The molecule has 5 rings (SSSR count). The molecule has 2 aromatic carbocycles. The predicted molar refractivity (Wildman–Crippen MR) is 94.9 cm³/mol. The van der Waals surface area contributed by atoms with Crippen molar-refractivity contribution in [3.05, 3.63) is 70.8 Å². The fourth-order valence-electron chi connectivity index (χ4n) is 4.93. The summed E-state index contributed by atoms with van der Waals surface area (Å²) in [5.74, 6) is 0. The Kier molecular flexibility index (Phi) is 3.55. The van der Waals surface area contributed by atoms with E-state index in [1.807, 2.05) is 0 Å². The molecule has 2 bridgehead atoms. The van der Waals surface area contributed by atoms with Crippen molar-refractivity contribution in [2.24, 2.45) is 0 Å². The fraction of sp³-hybridized carbons (Fsp3) is 0.429. The van der Waals surface area contributed by atoms with Gasteiger partial charge in [0.25, 0.3) is 0 Å². The number of quaternary nitrogens is 2. The number of nitrogens with zero attached hydrogens (tertiary/aromatic N) is 2. The molecule has 0 aromatic heterocycles. The molecule has 2 aromatic rings. The lowest BCUT2D eigenvalue weighted by Gasteiger charge is -2.57. The van der Waals surface area contributed by atoms with Gasteiger partial charge in [0, 0.05) is 11.1 Å². The van der Waals surface area contributed by atoms with Gasteiger partial charge in [-0.25, -0.2) is 0 Å². The monoisotopic (exact) mass is 326 g/mol. The zero-order valence-corrected chi connectivity index (χ0v) is 14.9. The van der Waals surface area contributed by atoms with Crippen LogP contribution in [0.4, 0.5) is 4.48 Å². The van der Waals surface area contributed by atoms with Crippen LogP contribution in [-0.2, 0) is 0 Å². The zero-order valence-electron chi connectivity index (χ0n) is 14.9. The first-order valence-electron chi connectivity index (χ1n) is 8.96. The molecule has 0 unspecified atom stereocenters. The topological polar surface area (TPSA) is 0 Å². The number of halogens is 1. The van der Waals surface area contributed by atoms with Crippen LogP contribution < -0.4 is 0 Å². The molecule has 0 radical (unpaired) electrons. The van der Waals surface area contributed by atoms with Gasteiger partial charge in [-0.1, -0.05) is 48.5 Å². The third-order valence-corrected chi connectivity index (χ3v) is 6.45. The van der Waals surface area contributed by atoms with E-state index < -0.39 is 0 Å². The predicted octanol–water partition coefficient (Wildman–Crippen LogP) is 4.26. The normalized spacial score (nSPS) is 35.2. The minimum atomic E-state index is -0.308. The number of hydrogen-bond donors (Lipinski definition) is 0. The van der Waals surface area contributed by atoms with Gasteiger partial charge in [-0.15, -0.1) is 4.71 Å². The summed E-state index contributed by atoms with van der Waals surface area (Å²) in [4.78, 5) is 0. The van der Waals surface area contributed by atoms with Crippen molar-refractivity contribution in [1.29, 1.82) is 0 Å². The first-order valence-corrected chi connectivity index (χ1v) is 8.96. The average molecular weight is 326 g/mol. The van der Waals surface area contributed by atoms with Crippen LogP contribution >= 0.6 is 0 Å². The molecule has 0 amide bonds. The number of likely N-dealkylation sites (N-methyl/N-ethyl adjacent to an activating group) is 1. The summed E-state index contributed by atoms with van der Waals surface area (Å²) in [5, 5.41) is 0. The van der Waals surface area contributed by atoms with Crippen molar-refractivity contribution in [3.8, 4) is 0 Å². The van der Waals surface area contributed by atoms with Gasteiger partial charge in [0.15, 0.2) is 19.1 Å². The van der Waals surface area contributed by atoms with E-state index in [9.17, 15) is 0 Å². The summed E-state index contributed by atoms with van der Waals surface area (Å²) < 4.78 is 16.7. The summed E-state index contributed by atoms with van der Waals surface area (Å²) in [6, 6.07) is 17.0.